The number of ether oxygens (including phenoxy) is 1. The van der Waals surface area contributed by atoms with Crippen LogP contribution < -0.4 is 5.32 Å². The summed E-state index contributed by atoms with van der Waals surface area (Å²) in [5, 5.41) is 3.43. The van der Waals surface area contributed by atoms with Crippen LogP contribution in [0.15, 0.2) is 12.2 Å². The molecule has 0 aromatic heterocycles. The second-order valence-corrected chi connectivity index (χ2v) is 4.44. The number of hydrogen-bond acceptors (Lipinski definition) is 3. The van der Waals surface area contributed by atoms with E-state index >= 15 is 0 Å². The van der Waals surface area contributed by atoms with Gasteiger partial charge in [-0.25, -0.2) is 0 Å². The number of carbonyl (C=O) groups is 1. The molecule has 0 aromatic carbocycles. The smallest absolute Gasteiger partial charge is 0.310 e. The van der Waals surface area contributed by atoms with Crippen molar-refractivity contribution in [1.29, 1.82) is 0 Å². The molecular weight excluding hydrogens is 166 g/mol. The van der Waals surface area contributed by atoms with Crippen molar-refractivity contribution in [2.24, 2.45) is 5.92 Å². The van der Waals surface area contributed by atoms with Crippen molar-refractivity contribution < 1.29 is 9.53 Å². The molecule has 0 spiro atoms. The van der Waals surface area contributed by atoms with E-state index in [0.29, 0.717) is 0 Å². The molecule has 0 aliphatic carbocycles. The average molecular weight is 181 g/mol. The first-order chi connectivity index (χ1) is 5.99. The third-order valence-corrected chi connectivity index (χ3v) is 3.19. The highest BCUT2D eigenvalue weighted by molar-refractivity contribution is 5.76. The van der Waals surface area contributed by atoms with Crippen LogP contribution in [0.25, 0.3) is 0 Å². The highest BCUT2D eigenvalue weighted by Gasteiger charge is 2.54. The van der Waals surface area contributed by atoms with Crippen molar-refractivity contribution in [2.45, 2.75) is 31.3 Å². The molecule has 1 saturated heterocycles. The van der Waals surface area contributed by atoms with Gasteiger partial charge in [-0.2, -0.15) is 0 Å². The summed E-state index contributed by atoms with van der Waals surface area (Å²) in [5.41, 5.74) is -0.199. The van der Waals surface area contributed by atoms with Crippen molar-refractivity contribution in [3.63, 3.8) is 0 Å². The van der Waals surface area contributed by atoms with Gasteiger partial charge in [0.05, 0.1) is 13.0 Å². The van der Waals surface area contributed by atoms with E-state index in [1.54, 1.807) is 0 Å². The molecule has 2 heterocycles. The van der Waals surface area contributed by atoms with Crippen LogP contribution in [0, 0.1) is 5.92 Å². The predicted molar refractivity (Wildman–Crippen MR) is 49.2 cm³/mol. The van der Waals surface area contributed by atoms with Crippen LogP contribution in [-0.2, 0) is 9.53 Å². The summed E-state index contributed by atoms with van der Waals surface area (Å²) in [7, 11) is 1.45. The van der Waals surface area contributed by atoms with Gasteiger partial charge in [0.2, 0.25) is 0 Å². The normalized spacial score (nSPS) is 46.8. The van der Waals surface area contributed by atoms with Gasteiger partial charge in [-0.05, 0) is 20.3 Å². The fraction of sp³-hybridized carbons (Fsp3) is 0.700. The van der Waals surface area contributed by atoms with Gasteiger partial charge >= 0.3 is 5.97 Å². The highest BCUT2D eigenvalue weighted by atomic mass is 16.5. The van der Waals surface area contributed by atoms with Crippen LogP contribution >= 0.6 is 0 Å². The molecule has 1 N–H and O–H groups in total. The van der Waals surface area contributed by atoms with Crippen molar-refractivity contribution in [1.82, 2.24) is 5.32 Å². The van der Waals surface area contributed by atoms with E-state index in [1.807, 2.05) is 6.92 Å². The van der Waals surface area contributed by atoms with Gasteiger partial charge in [0.25, 0.3) is 0 Å². The summed E-state index contributed by atoms with van der Waals surface area (Å²) >= 11 is 0. The van der Waals surface area contributed by atoms with Gasteiger partial charge < -0.3 is 4.74 Å². The number of rotatable bonds is 1. The molecule has 0 amide bonds. The molecule has 1 fully saturated rings. The van der Waals surface area contributed by atoms with Crippen LogP contribution in [0.1, 0.15) is 20.3 Å². The quantitative estimate of drug-likeness (QED) is 0.481. The number of carbonyl (C=O) groups excluding carboxylic acids is 1. The fourth-order valence-electron chi connectivity index (χ4n) is 2.48. The summed E-state index contributed by atoms with van der Waals surface area (Å²) in [6.45, 7) is 4.15. The van der Waals surface area contributed by atoms with Crippen LogP contribution in [0.2, 0.25) is 0 Å². The fourth-order valence-corrected chi connectivity index (χ4v) is 2.48. The Morgan fingerprint density at radius 2 is 2.23 bits per heavy atom. The Hall–Kier alpha value is -0.830. The van der Waals surface area contributed by atoms with Crippen molar-refractivity contribution in [2.75, 3.05) is 7.11 Å². The third kappa shape index (κ3) is 1.10. The summed E-state index contributed by atoms with van der Waals surface area (Å²) in [6.07, 6.45) is 5.07. The van der Waals surface area contributed by atoms with Crippen LogP contribution in [0.3, 0.4) is 0 Å². The van der Waals surface area contributed by atoms with E-state index in [0.717, 1.165) is 6.42 Å². The molecule has 0 radical (unpaired) electrons. The van der Waals surface area contributed by atoms with E-state index < -0.39 is 0 Å². The van der Waals surface area contributed by atoms with Crippen LogP contribution in [0.4, 0.5) is 0 Å². The molecule has 0 saturated carbocycles. The Morgan fingerprint density at radius 1 is 1.54 bits per heavy atom. The predicted octanol–water partition coefficient (Wildman–Crippen LogP) is 0.856. The maximum Gasteiger partial charge on any atom is 0.310 e. The Morgan fingerprint density at radius 3 is 2.62 bits per heavy atom. The van der Waals surface area contributed by atoms with E-state index in [-0.39, 0.29) is 23.0 Å². The Kier molecular flexibility index (Phi) is 1.58. The molecule has 2 aliphatic rings. The summed E-state index contributed by atoms with van der Waals surface area (Å²) in [4.78, 5) is 11.5. The standard InChI is InChI=1S/C10H15NO2/c1-9-4-5-10(2,11-9)7(6-9)8(12)13-3/h4-5,7,11H,6H2,1-3H3/t7-,9+,10-/m1/s1. The lowest BCUT2D eigenvalue weighted by molar-refractivity contribution is -0.146. The van der Waals surface area contributed by atoms with Gasteiger partial charge in [-0.1, -0.05) is 12.2 Å². The number of esters is 1. The minimum absolute atomic E-state index is 0.00634. The lowest BCUT2D eigenvalue weighted by Crippen LogP contribution is -2.43. The Labute approximate surface area is 78.1 Å². The summed E-state index contributed by atoms with van der Waals surface area (Å²) in [5.74, 6) is -0.143. The summed E-state index contributed by atoms with van der Waals surface area (Å²) in [6, 6.07) is 0. The van der Waals surface area contributed by atoms with Gasteiger partial charge in [-0.15, -0.1) is 0 Å². The number of fused-ring (bicyclic) bond motifs is 2. The zero-order chi connectivity index (χ0) is 9.69. The van der Waals surface area contributed by atoms with Crippen molar-refractivity contribution in [3.05, 3.63) is 12.2 Å². The summed E-state index contributed by atoms with van der Waals surface area (Å²) < 4.78 is 4.78. The lowest BCUT2D eigenvalue weighted by Gasteiger charge is -2.24. The minimum atomic E-state index is -0.193. The molecule has 0 unspecified atom stereocenters. The molecular formula is C10H15NO2. The largest absolute Gasteiger partial charge is 0.469 e. The molecule has 0 aromatic rings. The highest BCUT2D eigenvalue weighted by Crippen LogP contribution is 2.43. The van der Waals surface area contributed by atoms with Crippen LogP contribution in [0.5, 0.6) is 0 Å². The van der Waals surface area contributed by atoms with Crippen LogP contribution in [-0.4, -0.2) is 24.2 Å². The Bertz CT molecular complexity index is 287. The van der Waals surface area contributed by atoms with Gasteiger partial charge in [0.1, 0.15) is 0 Å². The minimum Gasteiger partial charge on any atom is -0.469 e. The molecule has 2 rings (SSSR count). The molecule has 3 heteroatoms. The molecule has 3 atom stereocenters. The first-order valence-electron chi connectivity index (χ1n) is 4.57. The first-order valence-corrected chi connectivity index (χ1v) is 4.57. The SMILES string of the molecule is COC(=O)[C@H]1C[C@]2(C)C=C[C@@]1(C)N2. The molecule has 13 heavy (non-hydrogen) atoms. The second-order valence-electron chi connectivity index (χ2n) is 4.44. The van der Waals surface area contributed by atoms with E-state index in [4.69, 9.17) is 4.74 Å². The topological polar surface area (TPSA) is 38.3 Å². The molecule has 2 bridgehead atoms. The number of nitrogens with one attached hydrogen (secondary N) is 1. The number of methoxy groups -OCH3 is 1. The monoisotopic (exact) mass is 181 g/mol. The maximum atomic E-state index is 11.5. The Balaban J connectivity index is 2.27. The first kappa shape index (κ1) is 8.75. The molecule has 3 nitrogen and oxygen atoms in total. The average Bonchev–Trinajstić information content (AvgIpc) is 2.51. The number of hydrogen-bond donors (Lipinski definition) is 1. The van der Waals surface area contributed by atoms with Gasteiger partial charge in [0, 0.05) is 11.1 Å². The van der Waals surface area contributed by atoms with E-state index in [1.165, 1.54) is 7.11 Å². The van der Waals surface area contributed by atoms with Gasteiger partial charge in [-0.3, -0.25) is 10.1 Å². The van der Waals surface area contributed by atoms with Crippen molar-refractivity contribution >= 4 is 5.97 Å². The zero-order valence-corrected chi connectivity index (χ0v) is 8.26. The zero-order valence-electron chi connectivity index (χ0n) is 8.26. The molecule has 2 aliphatic heterocycles. The third-order valence-electron chi connectivity index (χ3n) is 3.19. The second kappa shape index (κ2) is 2.35. The van der Waals surface area contributed by atoms with Gasteiger partial charge in [0.15, 0.2) is 0 Å². The lowest BCUT2D eigenvalue weighted by atomic mass is 9.80. The van der Waals surface area contributed by atoms with E-state index in [2.05, 4.69) is 24.4 Å². The van der Waals surface area contributed by atoms with E-state index in [9.17, 15) is 4.79 Å². The molecule has 72 valence electrons. The van der Waals surface area contributed by atoms with Crippen molar-refractivity contribution in [3.8, 4) is 0 Å². The maximum absolute atomic E-state index is 11.5.